The Hall–Kier alpha value is -2.04. The summed E-state index contributed by atoms with van der Waals surface area (Å²) in [6.07, 6.45) is 5.21. The maximum absolute atomic E-state index is 11.8. The van der Waals surface area contributed by atoms with Crippen molar-refractivity contribution in [2.24, 2.45) is 0 Å². The number of anilines is 1. The molecule has 0 bridgehead atoms. The summed E-state index contributed by atoms with van der Waals surface area (Å²) in [7, 11) is 0. The van der Waals surface area contributed by atoms with Crippen LogP contribution in [-0.2, 0) is 4.79 Å². The molecule has 5 heteroatoms. The molecule has 1 saturated carbocycles. The molecule has 1 aromatic heterocycles. The number of imidazole rings is 1. The standard InChI is InChI=1S/C15H20N4O/c20-14(17-11-5-1-2-6-11)9-10-16-15-18-12-7-3-4-8-13(12)19-15/h3-4,7-8,11H,1-2,5-6,9-10H2,(H,17,20)(H2,16,18,19). The van der Waals surface area contributed by atoms with Crippen molar-refractivity contribution in [3.63, 3.8) is 0 Å². The van der Waals surface area contributed by atoms with E-state index in [-0.39, 0.29) is 5.91 Å². The second kappa shape index (κ2) is 5.94. The van der Waals surface area contributed by atoms with E-state index in [1.807, 2.05) is 24.3 Å². The topological polar surface area (TPSA) is 69.8 Å². The Labute approximate surface area is 118 Å². The molecule has 3 rings (SSSR count). The van der Waals surface area contributed by atoms with E-state index >= 15 is 0 Å². The molecule has 2 aromatic rings. The molecule has 20 heavy (non-hydrogen) atoms. The summed E-state index contributed by atoms with van der Waals surface area (Å²) in [5, 5.41) is 6.24. The maximum atomic E-state index is 11.8. The van der Waals surface area contributed by atoms with Crippen LogP contribution in [0, 0.1) is 0 Å². The van der Waals surface area contributed by atoms with Crippen molar-refractivity contribution in [1.29, 1.82) is 0 Å². The Morgan fingerprint density at radius 1 is 1.30 bits per heavy atom. The van der Waals surface area contributed by atoms with Crippen molar-refractivity contribution < 1.29 is 4.79 Å². The summed E-state index contributed by atoms with van der Waals surface area (Å²) < 4.78 is 0. The van der Waals surface area contributed by atoms with Gasteiger partial charge in [0.1, 0.15) is 0 Å². The van der Waals surface area contributed by atoms with Gasteiger partial charge in [0.15, 0.2) is 0 Å². The molecule has 1 aromatic carbocycles. The Morgan fingerprint density at radius 3 is 2.90 bits per heavy atom. The monoisotopic (exact) mass is 272 g/mol. The van der Waals surface area contributed by atoms with Gasteiger partial charge >= 0.3 is 0 Å². The number of rotatable bonds is 5. The second-order valence-electron chi connectivity index (χ2n) is 5.33. The summed E-state index contributed by atoms with van der Waals surface area (Å²) in [6.45, 7) is 0.596. The van der Waals surface area contributed by atoms with Crippen LogP contribution in [0.4, 0.5) is 5.95 Å². The quantitative estimate of drug-likeness (QED) is 0.783. The summed E-state index contributed by atoms with van der Waals surface area (Å²) in [4.78, 5) is 19.4. The number of aromatic nitrogens is 2. The number of para-hydroxylation sites is 2. The minimum atomic E-state index is 0.125. The van der Waals surface area contributed by atoms with E-state index in [1.165, 1.54) is 12.8 Å². The average Bonchev–Trinajstić information content (AvgIpc) is 3.07. The molecule has 5 nitrogen and oxygen atoms in total. The van der Waals surface area contributed by atoms with Crippen LogP contribution in [-0.4, -0.2) is 28.5 Å². The van der Waals surface area contributed by atoms with E-state index in [0.29, 0.717) is 19.0 Å². The fourth-order valence-electron chi connectivity index (χ4n) is 2.70. The third-order valence-electron chi connectivity index (χ3n) is 3.75. The molecule has 1 amide bonds. The van der Waals surface area contributed by atoms with Gasteiger partial charge in [-0.2, -0.15) is 0 Å². The molecule has 1 aliphatic carbocycles. The van der Waals surface area contributed by atoms with Gasteiger partial charge in [0.25, 0.3) is 0 Å². The number of carbonyl (C=O) groups excluding carboxylic acids is 1. The molecular weight excluding hydrogens is 252 g/mol. The van der Waals surface area contributed by atoms with Crippen LogP contribution in [0.1, 0.15) is 32.1 Å². The van der Waals surface area contributed by atoms with Crippen LogP contribution in [0.3, 0.4) is 0 Å². The minimum Gasteiger partial charge on any atom is -0.355 e. The van der Waals surface area contributed by atoms with Gasteiger partial charge in [0.2, 0.25) is 11.9 Å². The molecule has 1 heterocycles. The molecule has 1 fully saturated rings. The van der Waals surface area contributed by atoms with Crippen LogP contribution in [0.25, 0.3) is 11.0 Å². The van der Waals surface area contributed by atoms with E-state index in [2.05, 4.69) is 20.6 Å². The van der Waals surface area contributed by atoms with E-state index in [4.69, 9.17) is 0 Å². The molecule has 0 saturated heterocycles. The summed E-state index contributed by atoms with van der Waals surface area (Å²) in [6, 6.07) is 8.28. The van der Waals surface area contributed by atoms with Gasteiger partial charge < -0.3 is 15.6 Å². The lowest BCUT2D eigenvalue weighted by Crippen LogP contribution is -2.33. The highest BCUT2D eigenvalue weighted by Gasteiger charge is 2.16. The number of hydrogen-bond donors (Lipinski definition) is 3. The smallest absolute Gasteiger partial charge is 0.221 e. The first-order valence-corrected chi connectivity index (χ1v) is 7.29. The van der Waals surface area contributed by atoms with Crippen LogP contribution < -0.4 is 10.6 Å². The lowest BCUT2D eigenvalue weighted by molar-refractivity contribution is -0.121. The molecule has 1 aliphatic rings. The van der Waals surface area contributed by atoms with Gasteiger partial charge in [0, 0.05) is 19.0 Å². The lowest BCUT2D eigenvalue weighted by Gasteiger charge is -2.11. The summed E-state index contributed by atoms with van der Waals surface area (Å²) >= 11 is 0. The van der Waals surface area contributed by atoms with Crippen molar-refractivity contribution in [1.82, 2.24) is 15.3 Å². The van der Waals surface area contributed by atoms with Gasteiger partial charge in [0.05, 0.1) is 11.0 Å². The van der Waals surface area contributed by atoms with Gasteiger partial charge in [-0.3, -0.25) is 4.79 Å². The highest BCUT2D eigenvalue weighted by Crippen LogP contribution is 2.17. The zero-order valence-electron chi connectivity index (χ0n) is 11.5. The molecule has 0 spiro atoms. The predicted molar refractivity (Wildman–Crippen MR) is 79.6 cm³/mol. The highest BCUT2D eigenvalue weighted by molar-refractivity contribution is 5.78. The van der Waals surface area contributed by atoms with Crippen LogP contribution >= 0.6 is 0 Å². The van der Waals surface area contributed by atoms with Crippen molar-refractivity contribution in [2.45, 2.75) is 38.1 Å². The van der Waals surface area contributed by atoms with Crippen molar-refractivity contribution in [3.05, 3.63) is 24.3 Å². The van der Waals surface area contributed by atoms with Crippen molar-refractivity contribution >= 4 is 22.9 Å². The third kappa shape index (κ3) is 3.10. The minimum absolute atomic E-state index is 0.125. The third-order valence-corrected chi connectivity index (χ3v) is 3.75. The molecule has 0 radical (unpaired) electrons. The van der Waals surface area contributed by atoms with E-state index in [0.717, 1.165) is 29.8 Å². The van der Waals surface area contributed by atoms with Crippen LogP contribution in [0.2, 0.25) is 0 Å². The zero-order chi connectivity index (χ0) is 13.8. The Kier molecular flexibility index (Phi) is 3.85. The van der Waals surface area contributed by atoms with E-state index in [9.17, 15) is 4.79 Å². The second-order valence-corrected chi connectivity index (χ2v) is 5.33. The molecular formula is C15H20N4O. The number of benzene rings is 1. The first-order valence-electron chi connectivity index (χ1n) is 7.29. The normalized spacial score (nSPS) is 15.6. The zero-order valence-corrected chi connectivity index (χ0v) is 11.5. The van der Waals surface area contributed by atoms with Gasteiger partial charge in [-0.15, -0.1) is 0 Å². The molecule has 106 valence electrons. The predicted octanol–water partition coefficient (Wildman–Crippen LogP) is 2.42. The average molecular weight is 272 g/mol. The fraction of sp³-hybridized carbons (Fsp3) is 0.467. The SMILES string of the molecule is O=C(CCNc1nc2ccccc2[nH]1)NC1CCCC1. The Balaban J connectivity index is 1.45. The fourth-order valence-corrected chi connectivity index (χ4v) is 2.70. The number of H-pyrrole nitrogens is 1. The van der Waals surface area contributed by atoms with Gasteiger partial charge in [-0.1, -0.05) is 25.0 Å². The number of amides is 1. The molecule has 3 N–H and O–H groups in total. The summed E-state index contributed by atoms with van der Waals surface area (Å²) in [5.74, 6) is 0.848. The molecule has 0 aliphatic heterocycles. The number of nitrogens with one attached hydrogen (secondary N) is 3. The van der Waals surface area contributed by atoms with Gasteiger partial charge in [-0.05, 0) is 25.0 Å². The molecule has 0 atom stereocenters. The molecule has 0 unspecified atom stereocenters. The van der Waals surface area contributed by atoms with Crippen molar-refractivity contribution in [2.75, 3.05) is 11.9 Å². The van der Waals surface area contributed by atoms with Crippen LogP contribution in [0.5, 0.6) is 0 Å². The Bertz CT molecular complexity index is 553. The lowest BCUT2D eigenvalue weighted by atomic mass is 10.2. The number of fused-ring (bicyclic) bond motifs is 1. The number of carbonyl (C=O) groups is 1. The number of hydrogen-bond acceptors (Lipinski definition) is 3. The maximum Gasteiger partial charge on any atom is 0.221 e. The van der Waals surface area contributed by atoms with E-state index in [1.54, 1.807) is 0 Å². The van der Waals surface area contributed by atoms with Crippen LogP contribution in [0.15, 0.2) is 24.3 Å². The van der Waals surface area contributed by atoms with Crippen molar-refractivity contribution in [3.8, 4) is 0 Å². The first kappa shape index (κ1) is 13.0. The Morgan fingerprint density at radius 2 is 2.10 bits per heavy atom. The first-order chi connectivity index (χ1) is 9.81. The number of nitrogens with zero attached hydrogens (tertiary/aromatic N) is 1. The van der Waals surface area contributed by atoms with E-state index < -0.39 is 0 Å². The largest absolute Gasteiger partial charge is 0.355 e. The summed E-state index contributed by atoms with van der Waals surface area (Å²) in [5.41, 5.74) is 1.94. The van der Waals surface area contributed by atoms with Gasteiger partial charge in [-0.25, -0.2) is 4.98 Å². The number of aromatic amines is 1. The highest BCUT2D eigenvalue weighted by atomic mass is 16.1.